The highest BCUT2D eigenvalue weighted by molar-refractivity contribution is 7.89. The molecule has 112 valence electrons. The van der Waals surface area contributed by atoms with Gasteiger partial charge >= 0.3 is 0 Å². The van der Waals surface area contributed by atoms with Gasteiger partial charge in [-0.3, -0.25) is 4.79 Å². The van der Waals surface area contributed by atoms with E-state index in [1.165, 1.54) is 19.1 Å². The normalized spacial score (nSPS) is 14.6. The van der Waals surface area contributed by atoms with Crippen LogP contribution in [0.3, 0.4) is 0 Å². The average Bonchev–Trinajstić information content (AvgIpc) is 2.37. The molecule has 0 aliphatic carbocycles. The van der Waals surface area contributed by atoms with Crippen LogP contribution in [0.5, 0.6) is 0 Å². The molecule has 20 heavy (non-hydrogen) atoms. The summed E-state index contributed by atoms with van der Waals surface area (Å²) in [5, 5.41) is 2.58. The van der Waals surface area contributed by atoms with Crippen molar-refractivity contribution in [3.63, 3.8) is 0 Å². The van der Waals surface area contributed by atoms with Gasteiger partial charge in [-0.15, -0.1) is 0 Å². The summed E-state index contributed by atoms with van der Waals surface area (Å²) in [7, 11) is -3.58. The summed E-state index contributed by atoms with van der Waals surface area (Å²) >= 11 is 0. The van der Waals surface area contributed by atoms with E-state index in [1.54, 1.807) is 19.1 Å². The van der Waals surface area contributed by atoms with Gasteiger partial charge in [0.05, 0.1) is 4.90 Å². The van der Waals surface area contributed by atoms with Gasteiger partial charge in [0, 0.05) is 18.7 Å². The number of carbonyl (C=O) groups is 1. The fourth-order valence-electron chi connectivity index (χ4n) is 1.55. The number of hydrogen-bond acceptors (Lipinski definition) is 4. The van der Waals surface area contributed by atoms with Gasteiger partial charge < -0.3 is 11.1 Å². The topological polar surface area (TPSA) is 101 Å². The zero-order valence-corrected chi connectivity index (χ0v) is 12.7. The van der Waals surface area contributed by atoms with Crippen LogP contribution in [0.1, 0.15) is 20.8 Å². The Kier molecular flexibility index (Phi) is 5.67. The van der Waals surface area contributed by atoms with Crippen LogP contribution in [-0.4, -0.2) is 26.9 Å². The lowest BCUT2D eigenvalue weighted by Gasteiger charge is -2.19. The lowest BCUT2D eigenvalue weighted by atomic mass is 10.1. The first-order chi connectivity index (χ1) is 9.26. The van der Waals surface area contributed by atoms with Crippen molar-refractivity contribution in [2.24, 2.45) is 11.7 Å². The molecular weight excluding hydrogens is 278 g/mol. The second-order valence-electron chi connectivity index (χ2n) is 4.83. The minimum absolute atomic E-state index is 0.0448. The van der Waals surface area contributed by atoms with Gasteiger partial charge in [0.25, 0.3) is 0 Å². The summed E-state index contributed by atoms with van der Waals surface area (Å²) in [6, 6.07) is 5.75. The predicted octanol–water partition coefficient (Wildman–Crippen LogP) is 0.907. The first kappa shape index (κ1) is 16.6. The van der Waals surface area contributed by atoms with Crippen molar-refractivity contribution < 1.29 is 13.2 Å². The molecule has 0 aromatic heterocycles. The average molecular weight is 299 g/mol. The maximum atomic E-state index is 12.2. The van der Waals surface area contributed by atoms with Gasteiger partial charge in [0.15, 0.2) is 0 Å². The largest absolute Gasteiger partial charge is 0.330 e. The van der Waals surface area contributed by atoms with Gasteiger partial charge in [-0.25, -0.2) is 13.1 Å². The fraction of sp³-hybridized carbons (Fsp3) is 0.462. The van der Waals surface area contributed by atoms with Crippen LogP contribution in [0, 0.1) is 5.92 Å². The second-order valence-corrected chi connectivity index (χ2v) is 6.54. The molecule has 0 aliphatic heterocycles. The Hall–Kier alpha value is -1.44. The number of hydrogen-bond donors (Lipinski definition) is 3. The number of amides is 1. The molecule has 6 nitrogen and oxygen atoms in total. The lowest BCUT2D eigenvalue weighted by Crippen LogP contribution is -2.39. The van der Waals surface area contributed by atoms with E-state index in [0.29, 0.717) is 12.2 Å². The molecular formula is C13H21N3O3S. The lowest BCUT2D eigenvalue weighted by molar-refractivity contribution is -0.114. The van der Waals surface area contributed by atoms with Gasteiger partial charge in [0.2, 0.25) is 15.9 Å². The van der Waals surface area contributed by atoms with Crippen molar-refractivity contribution in [1.29, 1.82) is 0 Å². The molecule has 0 heterocycles. The third-order valence-corrected chi connectivity index (χ3v) is 4.63. The highest BCUT2D eigenvalue weighted by Crippen LogP contribution is 2.15. The van der Waals surface area contributed by atoms with Crippen molar-refractivity contribution in [3.05, 3.63) is 24.3 Å². The molecule has 0 bridgehead atoms. The van der Waals surface area contributed by atoms with Crippen LogP contribution < -0.4 is 15.8 Å². The maximum Gasteiger partial charge on any atom is 0.240 e. The molecule has 0 aliphatic rings. The van der Waals surface area contributed by atoms with Gasteiger partial charge in [-0.2, -0.15) is 0 Å². The summed E-state index contributed by atoms with van der Waals surface area (Å²) in [5.74, 6) is -0.160. The molecule has 1 rings (SSSR count). The van der Waals surface area contributed by atoms with E-state index < -0.39 is 10.0 Å². The first-order valence-electron chi connectivity index (χ1n) is 6.36. The number of anilines is 1. The van der Waals surface area contributed by atoms with E-state index in [4.69, 9.17) is 5.73 Å². The summed E-state index contributed by atoms with van der Waals surface area (Å²) in [4.78, 5) is 11.1. The van der Waals surface area contributed by atoms with Crippen LogP contribution in [0.25, 0.3) is 0 Å². The molecule has 7 heteroatoms. The zero-order valence-electron chi connectivity index (χ0n) is 11.9. The molecule has 4 N–H and O–H groups in total. The minimum atomic E-state index is -3.58. The molecule has 0 spiro atoms. The SMILES string of the molecule is CC(=O)Nc1ccc(S(=O)(=O)NC(C)C(C)CN)cc1. The molecule has 2 atom stereocenters. The van der Waals surface area contributed by atoms with Gasteiger partial charge in [-0.1, -0.05) is 6.92 Å². The van der Waals surface area contributed by atoms with E-state index in [1.807, 2.05) is 6.92 Å². The van der Waals surface area contributed by atoms with Crippen LogP contribution in [0.15, 0.2) is 29.2 Å². The van der Waals surface area contributed by atoms with Crippen LogP contribution in [0.4, 0.5) is 5.69 Å². The molecule has 1 amide bonds. The Morgan fingerprint density at radius 1 is 1.25 bits per heavy atom. The number of rotatable bonds is 6. The third kappa shape index (κ3) is 4.59. The molecule has 1 aromatic carbocycles. The van der Waals surface area contributed by atoms with Crippen LogP contribution >= 0.6 is 0 Å². The standard InChI is InChI=1S/C13H21N3O3S/c1-9(8-14)10(2)16-20(18,19)13-6-4-12(5-7-13)15-11(3)17/h4-7,9-10,16H,8,14H2,1-3H3,(H,15,17). The molecule has 0 saturated carbocycles. The molecule has 0 radical (unpaired) electrons. The summed E-state index contributed by atoms with van der Waals surface area (Å²) in [6.07, 6.45) is 0. The highest BCUT2D eigenvalue weighted by atomic mass is 32.2. The Morgan fingerprint density at radius 3 is 2.25 bits per heavy atom. The zero-order chi connectivity index (χ0) is 15.3. The summed E-state index contributed by atoms with van der Waals surface area (Å²) in [5.41, 5.74) is 6.08. The number of nitrogens with two attached hydrogens (primary N) is 1. The highest BCUT2D eigenvalue weighted by Gasteiger charge is 2.20. The Balaban J connectivity index is 2.85. The second kappa shape index (κ2) is 6.83. The molecule has 2 unspecified atom stereocenters. The van der Waals surface area contributed by atoms with E-state index in [9.17, 15) is 13.2 Å². The Labute approximate surface area is 119 Å². The van der Waals surface area contributed by atoms with E-state index in [2.05, 4.69) is 10.0 Å². The quantitative estimate of drug-likeness (QED) is 0.726. The van der Waals surface area contributed by atoms with Crippen molar-refractivity contribution in [1.82, 2.24) is 4.72 Å². The van der Waals surface area contributed by atoms with Crippen molar-refractivity contribution in [2.75, 3.05) is 11.9 Å². The van der Waals surface area contributed by atoms with Gasteiger partial charge in [0.1, 0.15) is 0 Å². The predicted molar refractivity (Wildman–Crippen MR) is 78.7 cm³/mol. The smallest absolute Gasteiger partial charge is 0.240 e. The van der Waals surface area contributed by atoms with E-state index in [-0.39, 0.29) is 22.8 Å². The third-order valence-electron chi connectivity index (χ3n) is 3.05. The molecule has 1 aromatic rings. The minimum Gasteiger partial charge on any atom is -0.330 e. The van der Waals surface area contributed by atoms with E-state index in [0.717, 1.165) is 0 Å². The summed E-state index contributed by atoms with van der Waals surface area (Å²) < 4.78 is 26.9. The monoisotopic (exact) mass is 299 g/mol. The van der Waals surface area contributed by atoms with Crippen molar-refractivity contribution in [3.8, 4) is 0 Å². The van der Waals surface area contributed by atoms with Gasteiger partial charge in [-0.05, 0) is 43.7 Å². The molecule has 0 saturated heterocycles. The summed E-state index contributed by atoms with van der Waals surface area (Å²) in [6.45, 7) is 5.46. The van der Waals surface area contributed by atoms with Crippen molar-refractivity contribution >= 4 is 21.6 Å². The number of benzene rings is 1. The Bertz CT molecular complexity index is 555. The van der Waals surface area contributed by atoms with Crippen molar-refractivity contribution in [2.45, 2.75) is 31.7 Å². The molecule has 0 fully saturated rings. The fourth-order valence-corrected chi connectivity index (χ4v) is 2.91. The van der Waals surface area contributed by atoms with Crippen LogP contribution in [0.2, 0.25) is 0 Å². The van der Waals surface area contributed by atoms with Crippen LogP contribution in [-0.2, 0) is 14.8 Å². The number of nitrogens with one attached hydrogen (secondary N) is 2. The maximum absolute atomic E-state index is 12.2. The number of carbonyl (C=O) groups excluding carboxylic acids is 1. The first-order valence-corrected chi connectivity index (χ1v) is 7.84. The van der Waals surface area contributed by atoms with E-state index >= 15 is 0 Å². The number of sulfonamides is 1. The Morgan fingerprint density at radius 2 is 1.80 bits per heavy atom.